The first-order valence-electron chi connectivity index (χ1n) is 8.99. The molecule has 0 amide bonds. The standard InChI is InChI=1S/C20H18FN7/c21-16-5-6-27(12-17(16)24)20-26-18-4-2-13(8-22)7-19(18)28(20)11-15-3-1-14(9-23)10-25-15/h1-4,7,10,16-17H,5-6,11-12,24H2/t16-,17-/m1/s1. The third-order valence-electron chi connectivity index (χ3n) is 4.98. The maximum Gasteiger partial charge on any atom is 0.206 e. The van der Waals surface area contributed by atoms with E-state index in [1.54, 1.807) is 24.3 Å². The molecule has 1 saturated heterocycles. The van der Waals surface area contributed by atoms with Crippen molar-refractivity contribution < 1.29 is 4.39 Å². The first kappa shape index (κ1) is 17.9. The van der Waals surface area contributed by atoms with E-state index in [1.165, 1.54) is 6.20 Å². The predicted octanol–water partition coefficient (Wildman–Crippen LogP) is 2.10. The normalized spacial score (nSPS) is 19.4. The van der Waals surface area contributed by atoms with Crippen molar-refractivity contribution in [1.29, 1.82) is 10.5 Å². The average Bonchev–Trinajstić information content (AvgIpc) is 3.08. The zero-order chi connectivity index (χ0) is 19.7. The summed E-state index contributed by atoms with van der Waals surface area (Å²) in [4.78, 5) is 11.1. The quantitative estimate of drug-likeness (QED) is 0.751. The number of pyridine rings is 1. The van der Waals surface area contributed by atoms with Crippen molar-refractivity contribution in [1.82, 2.24) is 14.5 Å². The molecule has 0 bridgehead atoms. The van der Waals surface area contributed by atoms with E-state index in [0.29, 0.717) is 43.1 Å². The van der Waals surface area contributed by atoms with Gasteiger partial charge in [0, 0.05) is 19.3 Å². The molecule has 2 aromatic heterocycles. The molecule has 140 valence electrons. The molecule has 1 aliphatic rings. The number of piperidine rings is 1. The number of nitrogens with zero attached hydrogens (tertiary/aromatic N) is 6. The Bertz CT molecular complexity index is 1090. The highest BCUT2D eigenvalue weighted by molar-refractivity contribution is 5.80. The number of anilines is 1. The van der Waals surface area contributed by atoms with Gasteiger partial charge in [-0.1, -0.05) is 0 Å². The lowest BCUT2D eigenvalue weighted by Crippen LogP contribution is -2.50. The fourth-order valence-corrected chi connectivity index (χ4v) is 3.46. The van der Waals surface area contributed by atoms with Crippen molar-refractivity contribution in [2.24, 2.45) is 5.73 Å². The number of nitriles is 2. The molecule has 2 N–H and O–H groups in total. The van der Waals surface area contributed by atoms with Crippen LogP contribution in [0.3, 0.4) is 0 Å². The first-order valence-corrected chi connectivity index (χ1v) is 8.99. The van der Waals surface area contributed by atoms with Crippen LogP contribution in [0.15, 0.2) is 36.5 Å². The zero-order valence-electron chi connectivity index (χ0n) is 15.1. The lowest BCUT2D eigenvalue weighted by molar-refractivity contribution is 0.243. The number of fused-ring (bicyclic) bond motifs is 1. The molecule has 8 heteroatoms. The van der Waals surface area contributed by atoms with Gasteiger partial charge in [0.05, 0.1) is 46.5 Å². The summed E-state index contributed by atoms with van der Waals surface area (Å²) in [5.74, 6) is 0.679. The summed E-state index contributed by atoms with van der Waals surface area (Å²) >= 11 is 0. The highest BCUT2D eigenvalue weighted by atomic mass is 19.1. The van der Waals surface area contributed by atoms with Crippen LogP contribution in [-0.4, -0.2) is 39.8 Å². The first-order chi connectivity index (χ1) is 13.6. The molecule has 1 aromatic carbocycles. The third kappa shape index (κ3) is 3.26. The van der Waals surface area contributed by atoms with Crippen molar-refractivity contribution in [2.45, 2.75) is 25.2 Å². The molecule has 1 fully saturated rings. The van der Waals surface area contributed by atoms with Gasteiger partial charge < -0.3 is 15.2 Å². The minimum absolute atomic E-state index is 0.350. The number of halogens is 1. The van der Waals surface area contributed by atoms with Gasteiger partial charge in [-0.05, 0) is 36.8 Å². The van der Waals surface area contributed by atoms with Crippen LogP contribution in [0.25, 0.3) is 11.0 Å². The highest BCUT2D eigenvalue weighted by Gasteiger charge is 2.29. The smallest absolute Gasteiger partial charge is 0.206 e. The number of aromatic nitrogens is 3. The van der Waals surface area contributed by atoms with Gasteiger partial charge in [-0.2, -0.15) is 10.5 Å². The molecule has 3 aromatic rings. The molecule has 28 heavy (non-hydrogen) atoms. The summed E-state index contributed by atoms with van der Waals surface area (Å²) in [6.07, 6.45) is 0.863. The Labute approximate surface area is 161 Å². The van der Waals surface area contributed by atoms with Crippen LogP contribution in [-0.2, 0) is 6.54 Å². The van der Waals surface area contributed by atoms with Crippen LogP contribution < -0.4 is 10.6 Å². The summed E-state index contributed by atoms with van der Waals surface area (Å²) in [6.45, 7) is 1.30. The van der Waals surface area contributed by atoms with E-state index in [1.807, 2.05) is 15.5 Å². The van der Waals surface area contributed by atoms with Gasteiger partial charge in [-0.3, -0.25) is 4.98 Å². The van der Waals surface area contributed by atoms with E-state index in [-0.39, 0.29) is 0 Å². The number of imidazole rings is 1. The maximum absolute atomic E-state index is 13.8. The van der Waals surface area contributed by atoms with Crippen molar-refractivity contribution in [3.63, 3.8) is 0 Å². The van der Waals surface area contributed by atoms with E-state index in [4.69, 9.17) is 16.0 Å². The number of alkyl halides is 1. The Kier molecular flexibility index (Phi) is 4.64. The van der Waals surface area contributed by atoms with Gasteiger partial charge in [-0.25, -0.2) is 9.37 Å². The zero-order valence-corrected chi connectivity index (χ0v) is 15.1. The Morgan fingerprint density at radius 3 is 2.64 bits per heavy atom. The fraction of sp³-hybridized carbons (Fsp3) is 0.300. The minimum atomic E-state index is -1.01. The van der Waals surface area contributed by atoms with Gasteiger partial charge in [0.1, 0.15) is 12.2 Å². The van der Waals surface area contributed by atoms with E-state index >= 15 is 0 Å². The van der Waals surface area contributed by atoms with Gasteiger partial charge >= 0.3 is 0 Å². The number of hydrogen-bond acceptors (Lipinski definition) is 6. The van der Waals surface area contributed by atoms with E-state index in [9.17, 15) is 9.65 Å². The number of benzene rings is 1. The van der Waals surface area contributed by atoms with E-state index in [2.05, 4.69) is 17.1 Å². The molecule has 1 aliphatic heterocycles. The average molecular weight is 375 g/mol. The molecule has 4 rings (SSSR count). The van der Waals surface area contributed by atoms with Gasteiger partial charge in [0.15, 0.2) is 0 Å². The molecule has 0 aliphatic carbocycles. The third-order valence-corrected chi connectivity index (χ3v) is 4.98. The Morgan fingerprint density at radius 1 is 1.18 bits per heavy atom. The number of hydrogen-bond donors (Lipinski definition) is 1. The molecule has 0 spiro atoms. The fourth-order valence-electron chi connectivity index (χ4n) is 3.46. The molecular weight excluding hydrogens is 357 g/mol. The molecule has 7 nitrogen and oxygen atoms in total. The summed E-state index contributed by atoms with van der Waals surface area (Å²) in [5, 5.41) is 18.2. The van der Waals surface area contributed by atoms with Crippen molar-refractivity contribution in [3.8, 4) is 12.1 Å². The minimum Gasteiger partial charge on any atom is -0.340 e. The monoisotopic (exact) mass is 375 g/mol. The highest BCUT2D eigenvalue weighted by Crippen LogP contribution is 2.27. The topological polar surface area (TPSA) is 108 Å². The molecule has 0 saturated carbocycles. The summed E-state index contributed by atoms with van der Waals surface area (Å²) in [5.41, 5.74) is 9.27. The Hall–Kier alpha value is -3.49. The van der Waals surface area contributed by atoms with Crippen molar-refractivity contribution >= 4 is 17.0 Å². The van der Waals surface area contributed by atoms with Gasteiger partial charge in [0.25, 0.3) is 0 Å². The van der Waals surface area contributed by atoms with Gasteiger partial charge in [-0.15, -0.1) is 0 Å². The van der Waals surface area contributed by atoms with E-state index in [0.717, 1.165) is 16.7 Å². The number of rotatable bonds is 3. The van der Waals surface area contributed by atoms with Gasteiger partial charge in [0.2, 0.25) is 5.95 Å². The largest absolute Gasteiger partial charge is 0.340 e. The summed E-state index contributed by atoms with van der Waals surface area (Å²) < 4.78 is 15.8. The van der Waals surface area contributed by atoms with Crippen molar-refractivity contribution in [3.05, 3.63) is 53.3 Å². The number of nitrogens with two attached hydrogens (primary N) is 1. The van der Waals surface area contributed by atoms with Crippen LogP contribution in [0.1, 0.15) is 23.2 Å². The molecule has 0 unspecified atom stereocenters. The van der Waals surface area contributed by atoms with Crippen LogP contribution in [0, 0.1) is 22.7 Å². The Balaban J connectivity index is 1.78. The summed E-state index contributed by atoms with van der Waals surface area (Å²) in [6, 6.07) is 12.5. The van der Waals surface area contributed by atoms with E-state index < -0.39 is 12.2 Å². The van der Waals surface area contributed by atoms with Crippen LogP contribution in [0.5, 0.6) is 0 Å². The molecule has 2 atom stereocenters. The van der Waals surface area contributed by atoms with Crippen LogP contribution in [0.2, 0.25) is 0 Å². The predicted molar refractivity (Wildman–Crippen MR) is 102 cm³/mol. The molecule has 3 heterocycles. The second-order valence-corrected chi connectivity index (χ2v) is 6.88. The molecular formula is C20H18FN7. The summed E-state index contributed by atoms with van der Waals surface area (Å²) in [7, 11) is 0. The lowest BCUT2D eigenvalue weighted by Gasteiger charge is -2.34. The SMILES string of the molecule is N#Cc1ccc(Cn2c(N3CC[C@@H](F)[C@H](N)C3)nc3ccc(C#N)cc32)nc1. The molecule has 0 radical (unpaired) electrons. The maximum atomic E-state index is 13.8. The van der Waals surface area contributed by atoms with Crippen LogP contribution >= 0.6 is 0 Å². The van der Waals surface area contributed by atoms with Crippen molar-refractivity contribution in [2.75, 3.05) is 18.0 Å². The lowest BCUT2D eigenvalue weighted by atomic mass is 10.1. The second-order valence-electron chi connectivity index (χ2n) is 6.88. The van der Waals surface area contributed by atoms with Crippen LogP contribution in [0.4, 0.5) is 10.3 Å². The Morgan fingerprint density at radius 2 is 1.96 bits per heavy atom. The second kappa shape index (κ2) is 7.26.